The normalized spacial score (nSPS) is 16.1. The van der Waals surface area contributed by atoms with E-state index in [-0.39, 0.29) is 17.7 Å². The fraction of sp³-hybridized carbons (Fsp3) is 0.381. The first-order chi connectivity index (χ1) is 13.6. The molecule has 1 aliphatic rings. The van der Waals surface area contributed by atoms with E-state index in [9.17, 15) is 13.6 Å². The maximum absolute atomic E-state index is 13.0. The second-order valence-corrected chi connectivity index (χ2v) is 6.87. The first-order valence-corrected chi connectivity index (χ1v) is 9.51. The number of amides is 2. The molecule has 1 atom stereocenters. The van der Waals surface area contributed by atoms with Crippen molar-refractivity contribution in [1.29, 1.82) is 0 Å². The molecule has 5 nitrogen and oxygen atoms in total. The fourth-order valence-corrected chi connectivity index (χ4v) is 3.18. The maximum Gasteiger partial charge on any atom is 0.314 e. The smallest absolute Gasteiger partial charge is 0.314 e. The van der Waals surface area contributed by atoms with Crippen molar-refractivity contribution in [3.8, 4) is 5.75 Å². The van der Waals surface area contributed by atoms with E-state index in [1.807, 2.05) is 0 Å². The molecule has 1 fully saturated rings. The molecular weight excluding hydrogens is 364 g/mol. The highest BCUT2D eigenvalue weighted by atomic mass is 19.1. The summed E-state index contributed by atoms with van der Waals surface area (Å²) in [5.41, 5.74) is 1.01. The summed E-state index contributed by atoms with van der Waals surface area (Å²) in [5.74, 6) is 0.449. The lowest BCUT2D eigenvalue weighted by atomic mass is 10.1. The van der Waals surface area contributed by atoms with Crippen molar-refractivity contribution in [3.63, 3.8) is 0 Å². The minimum Gasteiger partial charge on any atom is -0.494 e. The summed E-state index contributed by atoms with van der Waals surface area (Å²) < 4.78 is 31.3. The molecule has 2 aromatic carbocycles. The van der Waals surface area contributed by atoms with Gasteiger partial charge in [-0.15, -0.1) is 0 Å². The van der Waals surface area contributed by atoms with E-state index in [0.717, 1.165) is 25.2 Å². The van der Waals surface area contributed by atoms with Gasteiger partial charge in [0.15, 0.2) is 0 Å². The van der Waals surface area contributed by atoms with E-state index in [1.54, 1.807) is 24.3 Å². The lowest BCUT2D eigenvalue weighted by Crippen LogP contribution is -2.39. The van der Waals surface area contributed by atoms with Gasteiger partial charge in [0.1, 0.15) is 17.4 Å². The van der Waals surface area contributed by atoms with Crippen LogP contribution in [0.3, 0.4) is 0 Å². The molecule has 0 saturated carbocycles. The topological polar surface area (TPSA) is 53.6 Å². The summed E-state index contributed by atoms with van der Waals surface area (Å²) >= 11 is 0. The number of carbonyl (C=O) groups is 1. The standard InChI is InChI=1S/C21H25F2N3O2/c22-17-2-6-19(7-3-17)26-12-10-16(15-26)14-25-21(27)24-11-1-13-28-20-8-4-18(23)5-9-20/h2-9,16H,1,10-15H2,(H2,24,25,27). The third-order valence-corrected chi connectivity index (χ3v) is 4.72. The molecule has 0 aliphatic carbocycles. The highest BCUT2D eigenvalue weighted by Crippen LogP contribution is 2.23. The Morgan fingerprint density at radius 3 is 2.43 bits per heavy atom. The van der Waals surface area contributed by atoms with Crippen LogP contribution < -0.4 is 20.3 Å². The number of ether oxygens (including phenoxy) is 1. The largest absolute Gasteiger partial charge is 0.494 e. The second kappa shape index (κ2) is 9.92. The van der Waals surface area contributed by atoms with Crippen LogP contribution in [0.2, 0.25) is 0 Å². The Bertz CT molecular complexity index is 753. The van der Waals surface area contributed by atoms with Gasteiger partial charge in [0.2, 0.25) is 0 Å². The van der Waals surface area contributed by atoms with E-state index in [1.165, 1.54) is 24.3 Å². The summed E-state index contributed by atoms with van der Waals surface area (Å²) in [4.78, 5) is 14.1. The van der Waals surface area contributed by atoms with Crippen molar-refractivity contribution >= 4 is 11.7 Å². The van der Waals surface area contributed by atoms with Gasteiger partial charge in [0.25, 0.3) is 0 Å². The van der Waals surface area contributed by atoms with Crippen LogP contribution >= 0.6 is 0 Å². The van der Waals surface area contributed by atoms with Gasteiger partial charge in [-0.05, 0) is 67.3 Å². The van der Waals surface area contributed by atoms with Crippen LogP contribution in [-0.2, 0) is 0 Å². The van der Waals surface area contributed by atoms with Crippen LogP contribution in [0.15, 0.2) is 48.5 Å². The number of rotatable bonds is 8. The van der Waals surface area contributed by atoms with Gasteiger partial charge in [-0.3, -0.25) is 0 Å². The fourth-order valence-electron chi connectivity index (χ4n) is 3.18. The predicted octanol–water partition coefficient (Wildman–Crippen LogP) is 3.56. The van der Waals surface area contributed by atoms with E-state index in [4.69, 9.17) is 4.74 Å². The van der Waals surface area contributed by atoms with Gasteiger partial charge < -0.3 is 20.3 Å². The molecule has 1 heterocycles. The van der Waals surface area contributed by atoms with Crippen LogP contribution in [0.5, 0.6) is 5.75 Å². The lowest BCUT2D eigenvalue weighted by Gasteiger charge is -2.19. The van der Waals surface area contributed by atoms with E-state index in [2.05, 4.69) is 15.5 Å². The molecule has 1 aliphatic heterocycles. The van der Waals surface area contributed by atoms with Crippen LogP contribution in [0.1, 0.15) is 12.8 Å². The van der Waals surface area contributed by atoms with Crippen LogP contribution in [0.25, 0.3) is 0 Å². The summed E-state index contributed by atoms with van der Waals surface area (Å²) in [6.07, 6.45) is 1.65. The Balaban J connectivity index is 1.26. The molecule has 3 rings (SSSR count). The van der Waals surface area contributed by atoms with E-state index >= 15 is 0 Å². The Kier molecular flexibility index (Phi) is 7.06. The molecule has 2 N–H and O–H groups in total. The third kappa shape index (κ3) is 6.11. The molecule has 2 aromatic rings. The second-order valence-electron chi connectivity index (χ2n) is 6.87. The average molecular weight is 389 g/mol. The zero-order valence-electron chi connectivity index (χ0n) is 15.7. The maximum atomic E-state index is 13.0. The summed E-state index contributed by atoms with van der Waals surface area (Å²) in [6.45, 7) is 3.30. The minimum atomic E-state index is -0.297. The lowest BCUT2D eigenvalue weighted by molar-refractivity contribution is 0.237. The van der Waals surface area contributed by atoms with Gasteiger partial charge in [-0.1, -0.05) is 0 Å². The molecule has 1 saturated heterocycles. The summed E-state index contributed by atoms with van der Waals surface area (Å²) in [7, 11) is 0. The number of nitrogens with zero attached hydrogens (tertiary/aromatic N) is 1. The number of hydrogen-bond donors (Lipinski definition) is 2. The Morgan fingerprint density at radius 1 is 1.04 bits per heavy atom. The number of urea groups is 1. The molecule has 150 valence electrons. The summed E-state index contributed by atoms with van der Waals surface area (Å²) in [5, 5.41) is 5.71. The number of anilines is 1. The Hall–Kier alpha value is -2.83. The number of benzene rings is 2. The molecule has 0 spiro atoms. The number of hydrogen-bond acceptors (Lipinski definition) is 3. The predicted molar refractivity (Wildman–Crippen MR) is 105 cm³/mol. The minimum absolute atomic E-state index is 0.193. The highest BCUT2D eigenvalue weighted by molar-refractivity contribution is 5.73. The first-order valence-electron chi connectivity index (χ1n) is 9.51. The molecule has 0 bridgehead atoms. The quantitative estimate of drug-likeness (QED) is 0.679. The SMILES string of the molecule is O=C(NCCCOc1ccc(F)cc1)NCC1CCN(c2ccc(F)cc2)C1. The van der Waals surface area contributed by atoms with Crippen molar-refractivity contribution in [2.75, 3.05) is 37.7 Å². The van der Waals surface area contributed by atoms with Crippen molar-refractivity contribution in [1.82, 2.24) is 10.6 Å². The van der Waals surface area contributed by atoms with Gasteiger partial charge >= 0.3 is 6.03 Å². The van der Waals surface area contributed by atoms with Gasteiger partial charge in [0, 0.05) is 31.9 Å². The van der Waals surface area contributed by atoms with Crippen LogP contribution in [0, 0.1) is 17.6 Å². The number of nitrogens with one attached hydrogen (secondary N) is 2. The molecule has 1 unspecified atom stereocenters. The monoisotopic (exact) mass is 389 g/mol. The Morgan fingerprint density at radius 2 is 1.71 bits per heavy atom. The zero-order valence-corrected chi connectivity index (χ0v) is 15.7. The molecule has 0 aromatic heterocycles. The number of carbonyl (C=O) groups excluding carboxylic acids is 1. The van der Waals surface area contributed by atoms with E-state index < -0.39 is 0 Å². The zero-order chi connectivity index (χ0) is 19.8. The van der Waals surface area contributed by atoms with Crippen LogP contribution in [0.4, 0.5) is 19.3 Å². The average Bonchev–Trinajstić information content (AvgIpc) is 3.17. The first kappa shape index (κ1) is 19.9. The van der Waals surface area contributed by atoms with Gasteiger partial charge in [0.05, 0.1) is 6.61 Å². The van der Waals surface area contributed by atoms with E-state index in [0.29, 0.717) is 37.8 Å². The molecule has 7 heteroatoms. The van der Waals surface area contributed by atoms with Crippen molar-refractivity contribution in [2.45, 2.75) is 12.8 Å². The third-order valence-electron chi connectivity index (χ3n) is 4.72. The molecule has 28 heavy (non-hydrogen) atoms. The van der Waals surface area contributed by atoms with Gasteiger partial charge in [-0.25, -0.2) is 13.6 Å². The summed E-state index contributed by atoms with van der Waals surface area (Å²) in [6, 6.07) is 12.2. The van der Waals surface area contributed by atoms with Crippen molar-refractivity contribution in [2.24, 2.45) is 5.92 Å². The molecule has 2 amide bonds. The van der Waals surface area contributed by atoms with Crippen molar-refractivity contribution in [3.05, 3.63) is 60.2 Å². The van der Waals surface area contributed by atoms with Gasteiger partial charge in [-0.2, -0.15) is 0 Å². The van der Waals surface area contributed by atoms with Crippen molar-refractivity contribution < 1.29 is 18.3 Å². The number of halogens is 2. The highest BCUT2D eigenvalue weighted by Gasteiger charge is 2.23. The molecular formula is C21H25F2N3O2. The van der Waals surface area contributed by atoms with Crippen LogP contribution in [-0.4, -0.2) is 38.8 Å². The Labute approximate surface area is 163 Å². The molecule has 0 radical (unpaired) electrons.